The molecule has 11 heteroatoms. The molecule has 3 rings (SSSR count). The standard InChI is InChI=1S/C18H15F3N4O3S/c1-10-13(11-5-3-2-4-6-11)14-15(29-10)23-9-25(16(14)27)7-12(26)24-17(28)22-8-18(19,20)21/h2-6,9H,7-8H2,1H3,(H2,22,24,26,28). The third-order valence-corrected chi connectivity index (χ3v) is 4.95. The van der Waals surface area contributed by atoms with Crippen LogP contribution in [-0.4, -0.2) is 34.2 Å². The predicted octanol–water partition coefficient (Wildman–Crippen LogP) is 2.82. The number of rotatable bonds is 4. The van der Waals surface area contributed by atoms with E-state index >= 15 is 0 Å². The second-order valence-corrected chi connectivity index (χ2v) is 7.31. The van der Waals surface area contributed by atoms with Crippen LogP contribution in [0.25, 0.3) is 21.3 Å². The van der Waals surface area contributed by atoms with Gasteiger partial charge in [-0.05, 0) is 12.5 Å². The van der Waals surface area contributed by atoms with Crippen LogP contribution >= 0.6 is 11.3 Å². The third-order valence-electron chi connectivity index (χ3n) is 3.93. The molecule has 1 aromatic carbocycles. The molecule has 0 aliphatic heterocycles. The molecule has 0 spiro atoms. The summed E-state index contributed by atoms with van der Waals surface area (Å²) >= 11 is 1.34. The second-order valence-electron chi connectivity index (χ2n) is 6.10. The molecule has 2 heterocycles. The van der Waals surface area contributed by atoms with Gasteiger partial charge in [0.25, 0.3) is 5.56 Å². The maximum Gasteiger partial charge on any atom is 0.405 e. The van der Waals surface area contributed by atoms with Crippen LogP contribution in [0.5, 0.6) is 0 Å². The number of alkyl halides is 3. The van der Waals surface area contributed by atoms with Crippen molar-refractivity contribution < 1.29 is 22.8 Å². The first-order valence-electron chi connectivity index (χ1n) is 8.34. The van der Waals surface area contributed by atoms with E-state index in [1.807, 2.05) is 37.3 Å². The average molecular weight is 424 g/mol. The Morgan fingerprint density at radius 2 is 1.90 bits per heavy atom. The van der Waals surface area contributed by atoms with Crippen molar-refractivity contribution >= 4 is 33.5 Å². The third kappa shape index (κ3) is 4.80. The first-order valence-corrected chi connectivity index (χ1v) is 9.16. The number of imide groups is 1. The molecule has 2 N–H and O–H groups in total. The van der Waals surface area contributed by atoms with Crippen LogP contribution in [-0.2, 0) is 11.3 Å². The largest absolute Gasteiger partial charge is 0.405 e. The van der Waals surface area contributed by atoms with Gasteiger partial charge in [-0.25, -0.2) is 9.78 Å². The van der Waals surface area contributed by atoms with Gasteiger partial charge >= 0.3 is 12.2 Å². The van der Waals surface area contributed by atoms with Gasteiger partial charge in [0.15, 0.2) is 0 Å². The number of hydrogen-bond acceptors (Lipinski definition) is 5. The van der Waals surface area contributed by atoms with Crippen molar-refractivity contribution in [2.24, 2.45) is 0 Å². The highest BCUT2D eigenvalue weighted by Crippen LogP contribution is 2.35. The van der Waals surface area contributed by atoms with Crippen LogP contribution < -0.4 is 16.2 Å². The summed E-state index contributed by atoms with van der Waals surface area (Å²) in [5, 5.41) is 3.62. The number of benzene rings is 1. The normalized spacial score (nSPS) is 11.4. The van der Waals surface area contributed by atoms with Gasteiger partial charge in [-0.2, -0.15) is 13.2 Å². The predicted molar refractivity (Wildman–Crippen MR) is 102 cm³/mol. The molecular formula is C18H15F3N4O3S. The van der Waals surface area contributed by atoms with Crippen molar-refractivity contribution in [2.45, 2.75) is 19.6 Å². The molecule has 0 atom stereocenters. The SMILES string of the molecule is Cc1sc2ncn(CC(=O)NC(=O)NCC(F)(F)F)c(=O)c2c1-c1ccccc1. The number of amides is 3. The summed E-state index contributed by atoms with van der Waals surface area (Å²) in [6.45, 7) is -0.283. The van der Waals surface area contributed by atoms with Gasteiger partial charge in [-0.3, -0.25) is 19.5 Å². The van der Waals surface area contributed by atoms with Gasteiger partial charge in [0.1, 0.15) is 17.9 Å². The number of thiophene rings is 1. The van der Waals surface area contributed by atoms with E-state index in [2.05, 4.69) is 4.98 Å². The average Bonchev–Trinajstić information content (AvgIpc) is 2.99. The number of aryl methyl sites for hydroxylation is 1. The zero-order valence-corrected chi connectivity index (χ0v) is 15.9. The van der Waals surface area contributed by atoms with Crippen LogP contribution in [0.15, 0.2) is 41.5 Å². The molecule has 152 valence electrons. The van der Waals surface area contributed by atoms with Crippen molar-refractivity contribution in [3.63, 3.8) is 0 Å². The van der Waals surface area contributed by atoms with E-state index in [-0.39, 0.29) is 0 Å². The summed E-state index contributed by atoms with van der Waals surface area (Å²) in [7, 11) is 0. The molecule has 0 saturated heterocycles. The number of aromatic nitrogens is 2. The molecule has 0 fully saturated rings. The van der Waals surface area contributed by atoms with Crippen LogP contribution in [0.3, 0.4) is 0 Å². The molecule has 3 amide bonds. The van der Waals surface area contributed by atoms with Crippen molar-refractivity contribution in [1.82, 2.24) is 20.2 Å². The first-order chi connectivity index (χ1) is 13.7. The maximum atomic E-state index is 12.9. The highest BCUT2D eigenvalue weighted by atomic mass is 32.1. The van der Waals surface area contributed by atoms with Gasteiger partial charge in [0.05, 0.1) is 11.7 Å². The fourth-order valence-electron chi connectivity index (χ4n) is 2.75. The summed E-state index contributed by atoms with van der Waals surface area (Å²) in [5.74, 6) is -0.943. The zero-order valence-electron chi connectivity index (χ0n) is 15.0. The van der Waals surface area contributed by atoms with Crippen molar-refractivity contribution in [3.05, 3.63) is 51.9 Å². The molecule has 0 bridgehead atoms. The van der Waals surface area contributed by atoms with E-state index in [9.17, 15) is 27.6 Å². The minimum Gasteiger partial charge on any atom is -0.329 e. The summed E-state index contributed by atoms with van der Waals surface area (Å²) in [5.41, 5.74) is 1.05. The second kappa shape index (κ2) is 8.03. The molecular weight excluding hydrogens is 409 g/mol. The first kappa shape index (κ1) is 20.5. The minimum atomic E-state index is -4.60. The Bertz CT molecular complexity index is 1120. The van der Waals surface area contributed by atoms with Crippen LogP contribution in [0.2, 0.25) is 0 Å². The Hall–Kier alpha value is -3.21. The number of halogens is 3. The number of fused-ring (bicyclic) bond motifs is 1. The van der Waals surface area contributed by atoms with Gasteiger partial charge in [0, 0.05) is 10.4 Å². The van der Waals surface area contributed by atoms with Crippen molar-refractivity contribution in [3.8, 4) is 11.1 Å². The van der Waals surface area contributed by atoms with E-state index in [0.29, 0.717) is 15.8 Å². The molecule has 0 unspecified atom stereocenters. The number of urea groups is 1. The van der Waals surface area contributed by atoms with Gasteiger partial charge in [-0.1, -0.05) is 30.3 Å². The van der Waals surface area contributed by atoms with Crippen LogP contribution in [0, 0.1) is 6.92 Å². The van der Waals surface area contributed by atoms with Gasteiger partial charge < -0.3 is 5.32 Å². The Labute approximate surface area is 166 Å². The molecule has 3 aromatic rings. The highest BCUT2D eigenvalue weighted by Gasteiger charge is 2.28. The number of carbonyl (C=O) groups excluding carboxylic acids is 2. The summed E-state index contributed by atoms with van der Waals surface area (Å²) in [6, 6.07) is 7.91. The lowest BCUT2D eigenvalue weighted by Gasteiger charge is -2.10. The fourth-order valence-corrected chi connectivity index (χ4v) is 3.75. The summed E-state index contributed by atoms with van der Waals surface area (Å²) in [6.07, 6.45) is -3.43. The quantitative estimate of drug-likeness (QED) is 0.674. The highest BCUT2D eigenvalue weighted by molar-refractivity contribution is 7.19. The summed E-state index contributed by atoms with van der Waals surface area (Å²) in [4.78, 5) is 41.8. The smallest absolute Gasteiger partial charge is 0.329 e. The molecule has 2 aromatic heterocycles. The van der Waals surface area contributed by atoms with Crippen molar-refractivity contribution in [2.75, 3.05) is 6.54 Å². The Balaban J connectivity index is 1.84. The number of carbonyl (C=O) groups is 2. The Morgan fingerprint density at radius 3 is 2.55 bits per heavy atom. The minimum absolute atomic E-state index is 0.343. The lowest BCUT2D eigenvalue weighted by Crippen LogP contribution is -2.45. The van der Waals surface area contributed by atoms with Crippen LogP contribution in [0.4, 0.5) is 18.0 Å². The Kier molecular flexibility index (Phi) is 5.69. The molecule has 0 saturated carbocycles. The van der Waals surface area contributed by atoms with E-state index < -0.39 is 36.8 Å². The lowest BCUT2D eigenvalue weighted by molar-refractivity contribution is -0.124. The van der Waals surface area contributed by atoms with E-state index in [0.717, 1.165) is 15.0 Å². The zero-order chi connectivity index (χ0) is 21.2. The molecule has 29 heavy (non-hydrogen) atoms. The molecule has 0 aliphatic carbocycles. The monoisotopic (exact) mass is 424 g/mol. The van der Waals surface area contributed by atoms with E-state index in [1.54, 1.807) is 5.32 Å². The molecule has 0 radical (unpaired) electrons. The number of nitrogens with one attached hydrogen (secondary N) is 2. The van der Waals surface area contributed by atoms with E-state index in [4.69, 9.17) is 0 Å². The van der Waals surface area contributed by atoms with E-state index in [1.165, 1.54) is 23.0 Å². The fraction of sp³-hybridized carbons (Fsp3) is 0.222. The summed E-state index contributed by atoms with van der Waals surface area (Å²) < 4.78 is 37.3. The number of hydrogen-bond donors (Lipinski definition) is 2. The number of nitrogens with zero attached hydrogens (tertiary/aromatic N) is 2. The van der Waals surface area contributed by atoms with Gasteiger partial charge in [-0.15, -0.1) is 11.3 Å². The van der Waals surface area contributed by atoms with Crippen LogP contribution in [0.1, 0.15) is 4.88 Å². The maximum absolute atomic E-state index is 12.9. The van der Waals surface area contributed by atoms with Crippen molar-refractivity contribution in [1.29, 1.82) is 0 Å². The Morgan fingerprint density at radius 1 is 1.21 bits per heavy atom. The molecule has 7 nitrogen and oxygen atoms in total. The topological polar surface area (TPSA) is 93.1 Å². The lowest BCUT2D eigenvalue weighted by atomic mass is 10.0. The molecule has 0 aliphatic rings. The van der Waals surface area contributed by atoms with Gasteiger partial charge in [0.2, 0.25) is 5.91 Å².